The van der Waals surface area contributed by atoms with Crippen molar-refractivity contribution in [2.45, 2.75) is 13.3 Å². The first kappa shape index (κ1) is 14.7. The lowest BCUT2D eigenvalue weighted by Gasteiger charge is -2.22. The van der Waals surface area contributed by atoms with E-state index < -0.39 is 5.56 Å². The van der Waals surface area contributed by atoms with Crippen molar-refractivity contribution in [2.75, 3.05) is 18.1 Å². The van der Waals surface area contributed by atoms with Gasteiger partial charge in [0.15, 0.2) is 0 Å². The molecule has 1 aromatic carbocycles. The monoisotopic (exact) mass is 318 g/mol. The van der Waals surface area contributed by atoms with Gasteiger partial charge in [-0.15, -0.1) is 0 Å². The quantitative estimate of drug-likeness (QED) is 0.822. The molecule has 0 fully saturated rings. The van der Waals surface area contributed by atoms with Crippen molar-refractivity contribution in [3.8, 4) is 5.75 Å². The highest BCUT2D eigenvalue weighted by molar-refractivity contribution is 6.29. The van der Waals surface area contributed by atoms with Crippen LogP contribution in [-0.4, -0.2) is 24.0 Å². The first-order valence-corrected chi connectivity index (χ1v) is 7.37. The Hall–Kier alpha value is -2.27. The van der Waals surface area contributed by atoms with Crippen LogP contribution in [0.4, 0.5) is 5.69 Å². The predicted octanol–water partition coefficient (Wildman–Crippen LogP) is 2.77. The molecule has 0 radical (unpaired) electrons. The number of aryl methyl sites for hydroxylation is 1. The van der Waals surface area contributed by atoms with Crippen molar-refractivity contribution < 1.29 is 9.53 Å². The topological polar surface area (TPSA) is 62.4 Å². The molecule has 114 valence electrons. The van der Waals surface area contributed by atoms with Crippen LogP contribution in [0, 0.1) is 6.92 Å². The molecule has 1 aliphatic rings. The third-order valence-corrected chi connectivity index (χ3v) is 3.70. The van der Waals surface area contributed by atoms with Crippen LogP contribution >= 0.6 is 11.6 Å². The lowest BCUT2D eigenvalue weighted by atomic mass is 10.1. The van der Waals surface area contributed by atoms with Crippen LogP contribution in [0.15, 0.2) is 35.1 Å². The molecule has 3 rings (SSSR count). The predicted molar refractivity (Wildman–Crippen MR) is 85.0 cm³/mol. The smallest absolute Gasteiger partial charge is 0.258 e. The number of halogens is 1. The molecule has 2 heterocycles. The van der Waals surface area contributed by atoms with E-state index in [9.17, 15) is 9.59 Å². The summed E-state index contributed by atoms with van der Waals surface area (Å²) in [5.41, 5.74) is 1.62. The minimum Gasteiger partial charge on any atom is -0.491 e. The standard InChI is InChI=1S/C16H15ClN2O3/c1-10-3-4-13-12(7-10)19(5-2-6-22-13)16(21)11-8-14(17)18-15(20)9-11/h3-4,7-9H,2,5-6H2,1H3,(H,18,20). The summed E-state index contributed by atoms with van der Waals surface area (Å²) >= 11 is 5.84. The number of nitrogens with one attached hydrogen (secondary N) is 1. The number of nitrogens with zero attached hydrogens (tertiary/aromatic N) is 1. The highest BCUT2D eigenvalue weighted by Crippen LogP contribution is 2.32. The molecule has 0 saturated carbocycles. The zero-order chi connectivity index (χ0) is 15.7. The number of amides is 1. The average molecular weight is 319 g/mol. The van der Waals surface area contributed by atoms with Gasteiger partial charge in [0.05, 0.1) is 12.3 Å². The second-order valence-corrected chi connectivity index (χ2v) is 5.62. The van der Waals surface area contributed by atoms with Crippen molar-refractivity contribution in [3.63, 3.8) is 0 Å². The first-order valence-electron chi connectivity index (χ1n) is 7.00. The highest BCUT2D eigenvalue weighted by Gasteiger charge is 2.24. The number of H-pyrrole nitrogens is 1. The fourth-order valence-electron chi connectivity index (χ4n) is 2.49. The van der Waals surface area contributed by atoms with Crippen molar-refractivity contribution in [3.05, 3.63) is 57.0 Å². The van der Waals surface area contributed by atoms with Gasteiger partial charge in [-0.3, -0.25) is 9.59 Å². The van der Waals surface area contributed by atoms with Gasteiger partial charge in [-0.25, -0.2) is 0 Å². The van der Waals surface area contributed by atoms with Gasteiger partial charge in [0, 0.05) is 18.2 Å². The highest BCUT2D eigenvalue weighted by atomic mass is 35.5. The van der Waals surface area contributed by atoms with Crippen LogP contribution in [0.5, 0.6) is 5.75 Å². The lowest BCUT2D eigenvalue weighted by Crippen LogP contribution is -2.32. The number of carbonyl (C=O) groups excluding carboxylic acids is 1. The molecule has 1 amide bonds. The largest absolute Gasteiger partial charge is 0.491 e. The van der Waals surface area contributed by atoms with Crippen LogP contribution in [0.2, 0.25) is 5.15 Å². The van der Waals surface area contributed by atoms with Crippen molar-refractivity contribution in [2.24, 2.45) is 0 Å². The summed E-state index contributed by atoms with van der Waals surface area (Å²) in [5, 5.41) is 0.145. The van der Waals surface area contributed by atoms with Gasteiger partial charge in [0.2, 0.25) is 5.56 Å². The molecule has 22 heavy (non-hydrogen) atoms. The molecule has 1 N–H and O–H groups in total. The minimum absolute atomic E-state index is 0.145. The number of hydrogen-bond donors (Lipinski definition) is 1. The summed E-state index contributed by atoms with van der Waals surface area (Å²) in [6.07, 6.45) is 0.719. The van der Waals surface area contributed by atoms with E-state index in [0.717, 1.165) is 17.7 Å². The molecule has 0 aliphatic carbocycles. The Kier molecular flexibility index (Phi) is 3.90. The van der Waals surface area contributed by atoms with Gasteiger partial charge in [-0.05, 0) is 37.1 Å². The number of pyridine rings is 1. The third kappa shape index (κ3) is 2.85. The molecule has 0 bridgehead atoms. The second kappa shape index (κ2) is 5.85. The van der Waals surface area contributed by atoms with Crippen LogP contribution in [-0.2, 0) is 0 Å². The maximum Gasteiger partial charge on any atom is 0.258 e. The Balaban J connectivity index is 2.05. The van der Waals surface area contributed by atoms with Crippen LogP contribution in [0.3, 0.4) is 0 Å². The maximum absolute atomic E-state index is 12.8. The number of aromatic nitrogens is 1. The summed E-state index contributed by atoms with van der Waals surface area (Å²) in [5.74, 6) is 0.415. The van der Waals surface area contributed by atoms with E-state index >= 15 is 0 Å². The van der Waals surface area contributed by atoms with Crippen LogP contribution in [0.25, 0.3) is 0 Å². The van der Waals surface area contributed by atoms with Crippen LogP contribution < -0.4 is 15.2 Å². The number of benzene rings is 1. The summed E-state index contributed by atoms with van der Waals surface area (Å²) in [6.45, 7) is 3.04. The number of ether oxygens (including phenoxy) is 1. The Morgan fingerprint density at radius 2 is 2.14 bits per heavy atom. The zero-order valence-electron chi connectivity index (χ0n) is 12.1. The van der Waals surface area contributed by atoms with E-state index in [1.807, 2.05) is 25.1 Å². The van der Waals surface area contributed by atoms with Crippen LogP contribution in [0.1, 0.15) is 22.3 Å². The van der Waals surface area contributed by atoms with Gasteiger partial charge >= 0.3 is 0 Å². The summed E-state index contributed by atoms with van der Waals surface area (Å²) < 4.78 is 5.68. The number of hydrogen-bond acceptors (Lipinski definition) is 3. The molecule has 1 aliphatic heterocycles. The molecule has 0 unspecified atom stereocenters. The molecule has 5 nitrogen and oxygen atoms in total. The van der Waals surface area contributed by atoms with Gasteiger partial charge in [-0.1, -0.05) is 17.7 Å². The molecular weight excluding hydrogens is 304 g/mol. The molecule has 6 heteroatoms. The average Bonchev–Trinajstić information content (AvgIpc) is 2.67. The van der Waals surface area contributed by atoms with E-state index in [1.54, 1.807) is 4.90 Å². The first-order chi connectivity index (χ1) is 10.5. The van der Waals surface area contributed by atoms with Crippen molar-refractivity contribution >= 4 is 23.2 Å². The normalized spacial score (nSPS) is 14.0. The number of aromatic amines is 1. The number of carbonyl (C=O) groups is 1. The Morgan fingerprint density at radius 3 is 2.91 bits per heavy atom. The lowest BCUT2D eigenvalue weighted by molar-refractivity contribution is 0.0987. The van der Waals surface area contributed by atoms with Gasteiger partial charge < -0.3 is 14.6 Å². The van der Waals surface area contributed by atoms with Gasteiger partial charge in [-0.2, -0.15) is 0 Å². The summed E-state index contributed by atoms with van der Waals surface area (Å²) in [7, 11) is 0. The molecule has 2 aromatic rings. The third-order valence-electron chi connectivity index (χ3n) is 3.49. The van der Waals surface area contributed by atoms with E-state index in [2.05, 4.69) is 4.98 Å². The molecule has 0 spiro atoms. The van der Waals surface area contributed by atoms with E-state index in [4.69, 9.17) is 16.3 Å². The number of rotatable bonds is 1. The van der Waals surface area contributed by atoms with Gasteiger partial charge in [0.25, 0.3) is 5.91 Å². The van der Waals surface area contributed by atoms with E-state index in [1.165, 1.54) is 12.1 Å². The fourth-order valence-corrected chi connectivity index (χ4v) is 2.70. The summed E-state index contributed by atoms with van der Waals surface area (Å²) in [4.78, 5) is 28.4. The number of anilines is 1. The van der Waals surface area contributed by atoms with Gasteiger partial charge in [0.1, 0.15) is 10.9 Å². The molecule has 0 atom stereocenters. The Labute approximate surface area is 132 Å². The molecular formula is C16H15ClN2O3. The maximum atomic E-state index is 12.8. The Bertz CT molecular complexity index is 785. The fraction of sp³-hybridized carbons (Fsp3) is 0.250. The Morgan fingerprint density at radius 1 is 1.32 bits per heavy atom. The van der Waals surface area contributed by atoms with E-state index in [0.29, 0.717) is 18.9 Å². The molecule has 0 saturated heterocycles. The molecule has 1 aromatic heterocycles. The second-order valence-electron chi connectivity index (χ2n) is 5.21. The van der Waals surface area contributed by atoms with E-state index in [-0.39, 0.29) is 16.6 Å². The minimum atomic E-state index is -0.397. The zero-order valence-corrected chi connectivity index (χ0v) is 12.8. The number of fused-ring (bicyclic) bond motifs is 1. The van der Waals surface area contributed by atoms with Crippen molar-refractivity contribution in [1.82, 2.24) is 4.98 Å². The SMILES string of the molecule is Cc1ccc2c(c1)N(C(=O)c1cc(Cl)[nH]c(=O)c1)CCCO2. The summed E-state index contributed by atoms with van der Waals surface area (Å²) in [6, 6.07) is 8.44. The van der Waals surface area contributed by atoms with Crippen molar-refractivity contribution in [1.29, 1.82) is 0 Å².